The van der Waals surface area contributed by atoms with E-state index in [0.717, 1.165) is 0 Å². The van der Waals surface area contributed by atoms with Gasteiger partial charge in [0, 0.05) is 7.79 Å². The predicted octanol–water partition coefficient (Wildman–Crippen LogP) is 0.240. The summed E-state index contributed by atoms with van der Waals surface area (Å²) in [6.07, 6.45) is 0.246. The smallest absolute Gasteiger partial charge is 0.309 e. The van der Waals surface area contributed by atoms with Crippen LogP contribution in [0, 0.1) is 0 Å². The maximum atomic E-state index is 10.8. The van der Waals surface area contributed by atoms with Gasteiger partial charge in [0.25, 0.3) is 0 Å². The Hall–Kier alpha value is -0.830. The first kappa shape index (κ1) is 5.92. The second-order valence-electron chi connectivity index (χ2n) is 2.26. The number of hydrogen-bond acceptors (Lipinski definition) is 3. The molecule has 10 heavy (non-hydrogen) atoms. The van der Waals surface area contributed by atoms with Crippen LogP contribution in [0.1, 0.15) is 14.2 Å². The average molecular weight is 143 g/mol. The summed E-state index contributed by atoms with van der Waals surface area (Å²) in [5.41, 5.74) is -1.39. The summed E-state index contributed by atoms with van der Waals surface area (Å²) >= 11 is 0. The highest BCUT2D eigenvalue weighted by Gasteiger charge is 2.31. The van der Waals surface area contributed by atoms with Gasteiger partial charge in [-0.2, -0.15) is 0 Å². The Morgan fingerprint density at radius 3 is 3.20 bits per heavy atom. The SMILES string of the molecule is [2H][C@H]1C(=O)OCC[C@]1(O)C=C. The molecule has 3 nitrogen and oxygen atoms in total. The quantitative estimate of drug-likeness (QED) is 0.422. The Kier molecular flexibility index (Phi) is 1.43. The van der Waals surface area contributed by atoms with E-state index in [-0.39, 0.29) is 13.0 Å². The summed E-state index contributed by atoms with van der Waals surface area (Å²) in [7, 11) is 0. The van der Waals surface area contributed by atoms with Gasteiger partial charge in [0.15, 0.2) is 0 Å². The zero-order chi connectivity index (χ0) is 8.48. The molecule has 3 heteroatoms. The Balaban J connectivity index is 2.80. The number of ether oxygens (including phenoxy) is 1. The van der Waals surface area contributed by atoms with Gasteiger partial charge in [0.2, 0.25) is 0 Å². The molecule has 0 spiro atoms. The summed E-state index contributed by atoms with van der Waals surface area (Å²) in [6.45, 7) is 3.53. The Labute approximate surface area is 60.7 Å². The van der Waals surface area contributed by atoms with Gasteiger partial charge in [-0.15, -0.1) is 6.58 Å². The van der Waals surface area contributed by atoms with Crippen molar-refractivity contribution >= 4 is 5.97 Å². The van der Waals surface area contributed by atoms with Crippen molar-refractivity contribution in [2.24, 2.45) is 0 Å². The first-order chi connectivity index (χ1) is 5.10. The molecule has 1 N–H and O–H groups in total. The fourth-order valence-electron chi connectivity index (χ4n) is 0.794. The van der Waals surface area contributed by atoms with E-state index in [0.29, 0.717) is 0 Å². The highest BCUT2D eigenvalue weighted by Crippen LogP contribution is 2.21. The molecule has 2 atom stereocenters. The van der Waals surface area contributed by atoms with E-state index in [1.807, 2.05) is 0 Å². The number of carbonyl (C=O) groups excluding carboxylic acids is 1. The first-order valence-corrected chi connectivity index (χ1v) is 3.05. The topological polar surface area (TPSA) is 46.5 Å². The van der Waals surface area contributed by atoms with Gasteiger partial charge in [0.05, 0.1) is 18.6 Å². The van der Waals surface area contributed by atoms with Crippen molar-refractivity contribution in [3.8, 4) is 0 Å². The van der Waals surface area contributed by atoms with Crippen LogP contribution in [0.2, 0.25) is 0 Å². The number of rotatable bonds is 1. The zero-order valence-corrected chi connectivity index (χ0v) is 5.54. The van der Waals surface area contributed by atoms with Crippen LogP contribution in [-0.2, 0) is 9.53 Å². The first-order valence-electron chi connectivity index (χ1n) is 3.63. The molecular formula is C7H10O3. The van der Waals surface area contributed by atoms with E-state index in [9.17, 15) is 9.90 Å². The maximum absolute atomic E-state index is 10.8. The molecule has 0 aromatic rings. The van der Waals surface area contributed by atoms with E-state index in [1.54, 1.807) is 0 Å². The summed E-state index contributed by atoms with van der Waals surface area (Å²) in [5.74, 6) is -0.682. The van der Waals surface area contributed by atoms with Crippen molar-refractivity contribution < 1.29 is 16.0 Å². The van der Waals surface area contributed by atoms with Crippen LogP contribution in [0.25, 0.3) is 0 Å². The second-order valence-corrected chi connectivity index (χ2v) is 2.26. The third kappa shape index (κ3) is 1.36. The molecule has 1 heterocycles. The summed E-state index contributed by atoms with van der Waals surface area (Å²) in [5, 5.41) is 9.51. The Morgan fingerprint density at radius 1 is 2.00 bits per heavy atom. The molecule has 1 aliphatic heterocycles. The monoisotopic (exact) mass is 143 g/mol. The third-order valence-corrected chi connectivity index (χ3v) is 1.47. The number of aliphatic hydroxyl groups is 1. The van der Waals surface area contributed by atoms with Gasteiger partial charge < -0.3 is 9.84 Å². The van der Waals surface area contributed by atoms with Gasteiger partial charge in [0.1, 0.15) is 0 Å². The van der Waals surface area contributed by atoms with E-state index >= 15 is 0 Å². The lowest BCUT2D eigenvalue weighted by Gasteiger charge is -2.27. The van der Waals surface area contributed by atoms with E-state index in [2.05, 4.69) is 11.3 Å². The standard InChI is InChI=1S/C7H10O3/c1-2-7(9)3-4-10-6(8)5-7/h2,9H,1,3-5H2/t7-/m1/s1/i5D/t5-,7+/m0. The van der Waals surface area contributed by atoms with Crippen molar-refractivity contribution in [3.05, 3.63) is 12.7 Å². The number of cyclic esters (lactones) is 1. The van der Waals surface area contributed by atoms with Gasteiger partial charge in [-0.3, -0.25) is 4.79 Å². The van der Waals surface area contributed by atoms with Crippen LogP contribution in [0.5, 0.6) is 0 Å². The summed E-state index contributed by atoms with van der Waals surface area (Å²) in [4.78, 5) is 10.8. The molecular weight excluding hydrogens is 132 g/mol. The fourth-order valence-corrected chi connectivity index (χ4v) is 0.794. The van der Waals surface area contributed by atoms with Crippen molar-refractivity contribution in [2.75, 3.05) is 6.61 Å². The summed E-state index contributed by atoms with van der Waals surface area (Å²) < 4.78 is 11.8. The largest absolute Gasteiger partial charge is 0.465 e. The molecule has 0 aromatic carbocycles. The van der Waals surface area contributed by atoms with E-state index < -0.39 is 18.0 Å². The van der Waals surface area contributed by atoms with Crippen LogP contribution >= 0.6 is 0 Å². The minimum absolute atomic E-state index is 0.163. The van der Waals surface area contributed by atoms with Crippen LogP contribution in [0.15, 0.2) is 12.7 Å². The van der Waals surface area contributed by atoms with Crippen molar-refractivity contribution in [1.29, 1.82) is 0 Å². The predicted molar refractivity (Wildman–Crippen MR) is 35.3 cm³/mol. The number of carbonyl (C=O) groups is 1. The molecule has 0 amide bonds. The minimum Gasteiger partial charge on any atom is -0.465 e. The molecule has 0 aliphatic carbocycles. The van der Waals surface area contributed by atoms with Crippen LogP contribution in [-0.4, -0.2) is 23.3 Å². The van der Waals surface area contributed by atoms with Gasteiger partial charge in [-0.05, 0) is 0 Å². The lowest BCUT2D eigenvalue weighted by Crippen LogP contribution is -2.36. The van der Waals surface area contributed by atoms with E-state index in [4.69, 9.17) is 1.37 Å². The molecule has 0 saturated carbocycles. The lowest BCUT2D eigenvalue weighted by molar-refractivity contribution is -0.155. The van der Waals surface area contributed by atoms with Gasteiger partial charge in [-0.25, -0.2) is 0 Å². The van der Waals surface area contributed by atoms with Crippen LogP contribution in [0.4, 0.5) is 0 Å². The van der Waals surface area contributed by atoms with Gasteiger partial charge in [-0.1, -0.05) is 6.08 Å². The molecule has 0 aromatic heterocycles. The van der Waals surface area contributed by atoms with E-state index in [1.165, 1.54) is 6.08 Å². The fraction of sp³-hybridized carbons (Fsp3) is 0.571. The minimum atomic E-state index is -1.39. The van der Waals surface area contributed by atoms with Crippen LogP contribution < -0.4 is 0 Å². The van der Waals surface area contributed by atoms with Crippen molar-refractivity contribution in [2.45, 2.75) is 18.4 Å². The zero-order valence-electron chi connectivity index (χ0n) is 6.54. The molecule has 1 aliphatic rings. The lowest BCUT2D eigenvalue weighted by atomic mass is 9.95. The number of hydrogen-bond donors (Lipinski definition) is 1. The summed E-state index contributed by atoms with van der Waals surface area (Å²) in [6, 6.07) is 0. The highest BCUT2D eigenvalue weighted by molar-refractivity contribution is 5.71. The van der Waals surface area contributed by atoms with Crippen molar-refractivity contribution in [1.82, 2.24) is 0 Å². The normalized spacial score (nSPS) is 41.9. The third-order valence-electron chi connectivity index (χ3n) is 1.47. The Bertz CT molecular complexity index is 192. The molecule has 1 rings (SSSR count). The molecule has 56 valence electrons. The van der Waals surface area contributed by atoms with Crippen LogP contribution in [0.3, 0.4) is 0 Å². The number of esters is 1. The average Bonchev–Trinajstić information content (AvgIpc) is 2.00. The second kappa shape index (κ2) is 2.42. The molecule has 1 fully saturated rings. The molecule has 0 radical (unpaired) electrons. The molecule has 0 unspecified atom stereocenters. The molecule has 0 bridgehead atoms. The maximum Gasteiger partial charge on any atom is 0.309 e. The van der Waals surface area contributed by atoms with Crippen molar-refractivity contribution in [3.63, 3.8) is 0 Å². The molecule has 1 saturated heterocycles. The van der Waals surface area contributed by atoms with Gasteiger partial charge >= 0.3 is 5.97 Å². The highest BCUT2D eigenvalue weighted by atomic mass is 16.5. The Morgan fingerprint density at radius 2 is 2.70 bits per heavy atom.